The van der Waals surface area contributed by atoms with Crippen LogP contribution < -0.4 is 10.6 Å². The van der Waals surface area contributed by atoms with Crippen molar-refractivity contribution in [1.29, 1.82) is 0 Å². The number of carbonyl (C=O) groups is 1. The van der Waals surface area contributed by atoms with Gasteiger partial charge in [-0.15, -0.1) is 0 Å². The maximum atomic E-state index is 11.9. The molecule has 2 amide bonds. The Bertz CT molecular complexity index is 658. The lowest BCUT2D eigenvalue weighted by Crippen LogP contribution is -2.28. The second kappa shape index (κ2) is 5.60. The van der Waals surface area contributed by atoms with Crippen molar-refractivity contribution in [2.24, 2.45) is 0 Å². The standard InChI is InChI=1S/C16H20N4O/c1-10-3-4-12(7-11(10)2)9-17-16(21)18-15-8-14(19-20-15)13-5-6-13/h3-4,7-8,13H,5-6,9H2,1-2H3,(H3,17,18,19,20,21). The minimum Gasteiger partial charge on any atom is -0.334 e. The lowest BCUT2D eigenvalue weighted by atomic mass is 10.1. The number of urea groups is 1. The van der Waals surface area contributed by atoms with Crippen LogP contribution in [0.3, 0.4) is 0 Å². The highest BCUT2D eigenvalue weighted by atomic mass is 16.2. The zero-order valence-corrected chi connectivity index (χ0v) is 12.4. The van der Waals surface area contributed by atoms with Crippen molar-refractivity contribution in [1.82, 2.24) is 15.5 Å². The van der Waals surface area contributed by atoms with Crippen molar-refractivity contribution in [3.05, 3.63) is 46.6 Å². The predicted octanol–water partition coefficient (Wildman–Crippen LogP) is 3.23. The van der Waals surface area contributed by atoms with Gasteiger partial charge in [0.15, 0.2) is 0 Å². The van der Waals surface area contributed by atoms with Gasteiger partial charge >= 0.3 is 6.03 Å². The van der Waals surface area contributed by atoms with E-state index in [1.807, 2.05) is 12.1 Å². The van der Waals surface area contributed by atoms with Crippen LogP contribution in [-0.2, 0) is 6.54 Å². The van der Waals surface area contributed by atoms with Crippen molar-refractivity contribution >= 4 is 11.8 Å². The van der Waals surface area contributed by atoms with E-state index in [1.54, 1.807) is 0 Å². The molecule has 1 aliphatic carbocycles. The van der Waals surface area contributed by atoms with Crippen LogP contribution in [0.5, 0.6) is 0 Å². The fraction of sp³-hybridized carbons (Fsp3) is 0.375. The molecule has 0 unspecified atom stereocenters. The van der Waals surface area contributed by atoms with Gasteiger partial charge in [0.2, 0.25) is 0 Å². The molecule has 0 saturated heterocycles. The number of carbonyl (C=O) groups excluding carboxylic acids is 1. The third kappa shape index (κ3) is 3.42. The van der Waals surface area contributed by atoms with Crippen LogP contribution in [0, 0.1) is 13.8 Å². The summed E-state index contributed by atoms with van der Waals surface area (Å²) in [5.74, 6) is 1.23. The van der Waals surface area contributed by atoms with Crippen LogP contribution in [0.2, 0.25) is 0 Å². The summed E-state index contributed by atoms with van der Waals surface area (Å²) in [5, 5.41) is 12.7. The Balaban J connectivity index is 1.52. The summed E-state index contributed by atoms with van der Waals surface area (Å²) >= 11 is 0. The number of aryl methyl sites for hydroxylation is 2. The summed E-state index contributed by atoms with van der Waals surface area (Å²) in [5.41, 5.74) is 4.63. The van der Waals surface area contributed by atoms with Crippen LogP contribution in [-0.4, -0.2) is 16.2 Å². The minimum atomic E-state index is -0.223. The Labute approximate surface area is 124 Å². The third-order valence-corrected chi connectivity index (χ3v) is 3.87. The third-order valence-electron chi connectivity index (χ3n) is 3.87. The number of aromatic nitrogens is 2. The monoisotopic (exact) mass is 284 g/mol. The molecule has 3 N–H and O–H groups in total. The Hall–Kier alpha value is -2.30. The quantitative estimate of drug-likeness (QED) is 0.806. The molecule has 0 bridgehead atoms. The molecule has 0 radical (unpaired) electrons. The number of nitrogens with one attached hydrogen (secondary N) is 3. The van der Waals surface area contributed by atoms with Gasteiger partial charge in [-0.3, -0.25) is 10.4 Å². The summed E-state index contributed by atoms with van der Waals surface area (Å²) < 4.78 is 0. The van der Waals surface area contributed by atoms with Gasteiger partial charge < -0.3 is 5.32 Å². The van der Waals surface area contributed by atoms with Gasteiger partial charge in [0, 0.05) is 18.5 Å². The second-order valence-electron chi connectivity index (χ2n) is 5.71. The van der Waals surface area contributed by atoms with Crippen LogP contribution in [0.4, 0.5) is 10.6 Å². The number of amides is 2. The molecule has 2 aromatic rings. The molecule has 5 nitrogen and oxygen atoms in total. The molecule has 21 heavy (non-hydrogen) atoms. The molecule has 1 aromatic carbocycles. The van der Waals surface area contributed by atoms with E-state index < -0.39 is 0 Å². The van der Waals surface area contributed by atoms with Crippen LogP contribution in [0.1, 0.15) is 41.1 Å². The first kappa shape index (κ1) is 13.7. The number of hydrogen-bond donors (Lipinski definition) is 3. The van der Waals surface area contributed by atoms with E-state index >= 15 is 0 Å². The average Bonchev–Trinajstić information content (AvgIpc) is 3.21. The maximum Gasteiger partial charge on any atom is 0.320 e. The van der Waals surface area contributed by atoms with Gasteiger partial charge in [-0.1, -0.05) is 18.2 Å². The van der Waals surface area contributed by atoms with Gasteiger partial charge in [0.05, 0.1) is 5.69 Å². The summed E-state index contributed by atoms with van der Waals surface area (Å²) in [4.78, 5) is 11.9. The van der Waals surface area contributed by atoms with Crippen LogP contribution in [0.15, 0.2) is 24.3 Å². The molecule has 0 aliphatic heterocycles. The normalized spacial score (nSPS) is 14.0. The summed E-state index contributed by atoms with van der Waals surface area (Å²) in [7, 11) is 0. The van der Waals surface area contributed by atoms with E-state index in [9.17, 15) is 4.79 Å². The van der Waals surface area contributed by atoms with Crippen molar-refractivity contribution in [3.63, 3.8) is 0 Å². The summed E-state index contributed by atoms with van der Waals surface area (Å²) in [6.45, 7) is 4.66. The van der Waals surface area contributed by atoms with Gasteiger partial charge in [-0.05, 0) is 43.4 Å². The van der Waals surface area contributed by atoms with E-state index in [0.717, 1.165) is 11.3 Å². The molecule has 1 aromatic heterocycles. The Kier molecular flexibility index (Phi) is 3.64. The number of anilines is 1. The molecule has 0 spiro atoms. The highest BCUT2D eigenvalue weighted by Gasteiger charge is 2.26. The number of aromatic amines is 1. The molecule has 110 valence electrons. The van der Waals surface area contributed by atoms with Crippen LogP contribution in [0.25, 0.3) is 0 Å². The SMILES string of the molecule is Cc1ccc(CNC(=O)Nc2cc(C3CC3)n[nH]2)cc1C. The molecule has 1 aliphatic rings. The van der Waals surface area contributed by atoms with Gasteiger partial charge in [0.25, 0.3) is 0 Å². The maximum absolute atomic E-state index is 11.9. The van der Waals surface area contributed by atoms with Crippen molar-refractivity contribution < 1.29 is 4.79 Å². The first-order chi connectivity index (χ1) is 10.1. The highest BCUT2D eigenvalue weighted by Crippen LogP contribution is 2.39. The predicted molar refractivity (Wildman–Crippen MR) is 82.3 cm³/mol. The first-order valence-corrected chi connectivity index (χ1v) is 7.28. The number of rotatable bonds is 4. The molecule has 5 heteroatoms. The molecule has 1 fully saturated rings. The van der Waals surface area contributed by atoms with Gasteiger partial charge in [0.1, 0.15) is 5.82 Å². The summed E-state index contributed by atoms with van der Waals surface area (Å²) in [6.07, 6.45) is 2.40. The Morgan fingerprint density at radius 3 is 2.81 bits per heavy atom. The fourth-order valence-electron chi connectivity index (χ4n) is 2.25. The molecular formula is C16H20N4O. The largest absolute Gasteiger partial charge is 0.334 e. The van der Waals surface area contributed by atoms with Crippen molar-refractivity contribution in [2.75, 3.05) is 5.32 Å². The highest BCUT2D eigenvalue weighted by molar-refractivity contribution is 5.88. The average molecular weight is 284 g/mol. The van der Waals surface area contributed by atoms with E-state index in [1.165, 1.54) is 24.0 Å². The Morgan fingerprint density at radius 2 is 2.10 bits per heavy atom. The lowest BCUT2D eigenvalue weighted by molar-refractivity contribution is 0.251. The molecule has 0 atom stereocenters. The van der Waals surface area contributed by atoms with E-state index in [-0.39, 0.29) is 6.03 Å². The fourth-order valence-corrected chi connectivity index (χ4v) is 2.25. The van der Waals surface area contributed by atoms with E-state index in [0.29, 0.717) is 18.3 Å². The first-order valence-electron chi connectivity index (χ1n) is 7.28. The minimum absolute atomic E-state index is 0.223. The zero-order chi connectivity index (χ0) is 14.8. The van der Waals surface area contributed by atoms with E-state index in [4.69, 9.17) is 0 Å². The number of hydrogen-bond acceptors (Lipinski definition) is 2. The molecule has 1 saturated carbocycles. The van der Waals surface area contributed by atoms with Gasteiger partial charge in [-0.25, -0.2) is 4.79 Å². The number of H-pyrrole nitrogens is 1. The van der Waals surface area contributed by atoms with Gasteiger partial charge in [-0.2, -0.15) is 5.10 Å². The van der Waals surface area contributed by atoms with Crippen molar-refractivity contribution in [3.8, 4) is 0 Å². The number of nitrogens with zero attached hydrogens (tertiary/aromatic N) is 1. The molecule has 1 heterocycles. The smallest absolute Gasteiger partial charge is 0.320 e. The van der Waals surface area contributed by atoms with E-state index in [2.05, 4.69) is 46.8 Å². The second-order valence-corrected chi connectivity index (χ2v) is 5.71. The van der Waals surface area contributed by atoms with Crippen LogP contribution >= 0.6 is 0 Å². The lowest BCUT2D eigenvalue weighted by Gasteiger charge is -2.08. The molecular weight excluding hydrogens is 264 g/mol. The zero-order valence-electron chi connectivity index (χ0n) is 12.4. The topological polar surface area (TPSA) is 69.8 Å². The number of benzene rings is 1. The summed E-state index contributed by atoms with van der Waals surface area (Å²) in [6, 6.07) is 7.88. The van der Waals surface area contributed by atoms with Crippen molar-refractivity contribution in [2.45, 2.75) is 39.2 Å². The Morgan fingerprint density at radius 1 is 1.29 bits per heavy atom. The molecule has 3 rings (SSSR count).